The summed E-state index contributed by atoms with van der Waals surface area (Å²) in [7, 11) is 0. The average molecular weight is 166 g/mol. The molecule has 0 unspecified atom stereocenters. The van der Waals surface area contributed by atoms with Crippen LogP contribution in [0.25, 0.3) is 0 Å². The van der Waals surface area contributed by atoms with Crippen molar-refractivity contribution in [3.05, 3.63) is 11.6 Å². The Bertz CT molecular complexity index is 183. The molecule has 0 spiro atoms. The van der Waals surface area contributed by atoms with Crippen molar-refractivity contribution >= 4 is 0 Å². The molecule has 1 heteroatoms. The molecule has 12 heavy (non-hydrogen) atoms. The second-order valence-corrected chi connectivity index (χ2v) is 4.22. The van der Waals surface area contributed by atoms with Gasteiger partial charge in [0, 0.05) is 0 Å². The maximum Gasteiger partial charge on any atom is 0.0571 e. The van der Waals surface area contributed by atoms with Gasteiger partial charge in [0.1, 0.15) is 0 Å². The van der Waals surface area contributed by atoms with E-state index < -0.39 is 0 Å². The molecule has 0 heterocycles. The summed E-state index contributed by atoms with van der Waals surface area (Å²) in [5.74, 6) is 0.592. The minimum absolute atomic E-state index is 0.00602. The molecule has 1 fully saturated rings. The average Bonchev–Trinajstić information content (AvgIpc) is 2.65. The molecule has 0 bridgehead atoms. The summed E-state index contributed by atoms with van der Waals surface area (Å²) in [6.45, 7) is 0. The summed E-state index contributed by atoms with van der Waals surface area (Å²) in [4.78, 5) is 0. The highest BCUT2D eigenvalue weighted by molar-refractivity contribution is 5.09. The summed E-state index contributed by atoms with van der Waals surface area (Å²) >= 11 is 0. The number of rotatable bonds is 2. The Morgan fingerprint density at radius 2 is 2.25 bits per heavy atom. The van der Waals surface area contributed by atoms with Crippen LogP contribution in [0.2, 0.25) is 0 Å². The molecule has 1 nitrogen and oxygen atoms in total. The molecule has 0 radical (unpaired) electrons. The van der Waals surface area contributed by atoms with Crippen LogP contribution in [0.1, 0.15) is 44.9 Å². The van der Waals surface area contributed by atoms with Crippen LogP contribution in [0, 0.1) is 5.92 Å². The Balaban J connectivity index is 1.85. The Morgan fingerprint density at radius 1 is 1.33 bits per heavy atom. The van der Waals surface area contributed by atoms with E-state index in [-0.39, 0.29) is 6.10 Å². The lowest BCUT2D eigenvalue weighted by Crippen LogP contribution is -2.13. The second kappa shape index (κ2) is 3.61. The van der Waals surface area contributed by atoms with E-state index in [0.29, 0.717) is 5.92 Å². The molecule has 0 aromatic rings. The molecular formula is C11H18O. The highest BCUT2D eigenvalue weighted by Crippen LogP contribution is 2.33. The third-order valence-corrected chi connectivity index (χ3v) is 3.28. The summed E-state index contributed by atoms with van der Waals surface area (Å²) in [6.07, 6.45) is 11.0. The fraction of sp³-hybridized carbons (Fsp3) is 0.818. The van der Waals surface area contributed by atoms with E-state index >= 15 is 0 Å². The van der Waals surface area contributed by atoms with Gasteiger partial charge in [0.2, 0.25) is 0 Å². The van der Waals surface area contributed by atoms with Gasteiger partial charge in [0.05, 0.1) is 6.10 Å². The first-order valence-corrected chi connectivity index (χ1v) is 5.22. The van der Waals surface area contributed by atoms with E-state index in [2.05, 4.69) is 6.08 Å². The van der Waals surface area contributed by atoms with Crippen molar-refractivity contribution in [3.8, 4) is 0 Å². The van der Waals surface area contributed by atoms with Crippen LogP contribution in [0.4, 0.5) is 0 Å². The monoisotopic (exact) mass is 166 g/mol. The quantitative estimate of drug-likeness (QED) is 0.625. The Kier molecular flexibility index (Phi) is 2.50. The molecule has 0 amide bonds. The fourth-order valence-electron chi connectivity index (χ4n) is 2.51. The van der Waals surface area contributed by atoms with Crippen molar-refractivity contribution in [1.82, 2.24) is 0 Å². The lowest BCUT2D eigenvalue weighted by atomic mass is 9.96. The van der Waals surface area contributed by atoms with E-state index in [1.54, 1.807) is 5.57 Å². The van der Waals surface area contributed by atoms with Crippen LogP contribution in [-0.4, -0.2) is 11.2 Å². The minimum Gasteiger partial charge on any atom is -0.393 e. The zero-order chi connectivity index (χ0) is 8.39. The molecule has 1 N–H and O–H groups in total. The third-order valence-electron chi connectivity index (χ3n) is 3.28. The van der Waals surface area contributed by atoms with Gasteiger partial charge in [-0.3, -0.25) is 0 Å². The first kappa shape index (κ1) is 8.31. The maximum absolute atomic E-state index is 9.62. The van der Waals surface area contributed by atoms with Crippen LogP contribution in [0.15, 0.2) is 11.6 Å². The smallest absolute Gasteiger partial charge is 0.0571 e. The van der Waals surface area contributed by atoms with Crippen LogP contribution in [0.3, 0.4) is 0 Å². The van der Waals surface area contributed by atoms with E-state index in [1.165, 1.54) is 38.5 Å². The van der Waals surface area contributed by atoms with Crippen molar-refractivity contribution in [1.29, 1.82) is 0 Å². The van der Waals surface area contributed by atoms with Crippen molar-refractivity contribution in [2.75, 3.05) is 0 Å². The zero-order valence-electron chi connectivity index (χ0n) is 7.63. The zero-order valence-corrected chi connectivity index (χ0v) is 7.63. The molecule has 68 valence electrons. The Morgan fingerprint density at radius 3 is 2.83 bits per heavy atom. The maximum atomic E-state index is 9.62. The van der Waals surface area contributed by atoms with Crippen LogP contribution >= 0.6 is 0 Å². The summed E-state index contributed by atoms with van der Waals surface area (Å²) in [5.41, 5.74) is 1.61. The predicted molar refractivity (Wildman–Crippen MR) is 49.9 cm³/mol. The highest BCUT2D eigenvalue weighted by atomic mass is 16.3. The van der Waals surface area contributed by atoms with Gasteiger partial charge < -0.3 is 5.11 Å². The number of hydrogen-bond acceptors (Lipinski definition) is 1. The van der Waals surface area contributed by atoms with Gasteiger partial charge in [-0.25, -0.2) is 0 Å². The Hall–Kier alpha value is -0.300. The van der Waals surface area contributed by atoms with E-state index in [4.69, 9.17) is 0 Å². The minimum atomic E-state index is 0.00602. The SMILES string of the molecule is O[C@@H]1CCC[C@H]1CC1=CCCC1. The van der Waals surface area contributed by atoms with Crippen molar-refractivity contribution in [3.63, 3.8) is 0 Å². The highest BCUT2D eigenvalue weighted by Gasteiger charge is 2.26. The van der Waals surface area contributed by atoms with Gasteiger partial charge in [-0.1, -0.05) is 18.1 Å². The van der Waals surface area contributed by atoms with Crippen molar-refractivity contribution in [2.45, 2.75) is 51.0 Å². The molecule has 2 aliphatic rings. The van der Waals surface area contributed by atoms with Crippen LogP contribution in [0.5, 0.6) is 0 Å². The number of allylic oxidation sites excluding steroid dienone is 2. The molecule has 2 rings (SSSR count). The molecule has 1 saturated carbocycles. The van der Waals surface area contributed by atoms with Gasteiger partial charge in [0.25, 0.3) is 0 Å². The lowest BCUT2D eigenvalue weighted by molar-refractivity contribution is 0.132. The van der Waals surface area contributed by atoms with E-state index in [9.17, 15) is 5.11 Å². The summed E-state index contributed by atoms with van der Waals surface area (Å²) in [6, 6.07) is 0. The van der Waals surface area contributed by atoms with Crippen molar-refractivity contribution in [2.24, 2.45) is 5.92 Å². The molecule has 0 saturated heterocycles. The normalized spacial score (nSPS) is 35.6. The van der Waals surface area contributed by atoms with Gasteiger partial charge in [-0.2, -0.15) is 0 Å². The molecule has 2 aliphatic carbocycles. The molecular weight excluding hydrogens is 148 g/mol. The lowest BCUT2D eigenvalue weighted by Gasteiger charge is -2.14. The largest absolute Gasteiger partial charge is 0.393 e. The number of aliphatic hydroxyl groups is 1. The van der Waals surface area contributed by atoms with Crippen LogP contribution in [-0.2, 0) is 0 Å². The van der Waals surface area contributed by atoms with Gasteiger partial charge in [-0.05, 0) is 44.4 Å². The number of aliphatic hydroxyl groups excluding tert-OH is 1. The number of hydrogen-bond donors (Lipinski definition) is 1. The first-order chi connectivity index (χ1) is 5.86. The van der Waals surface area contributed by atoms with Crippen molar-refractivity contribution < 1.29 is 5.11 Å². The topological polar surface area (TPSA) is 20.2 Å². The predicted octanol–water partition coefficient (Wildman–Crippen LogP) is 2.65. The molecule has 0 aromatic heterocycles. The van der Waals surface area contributed by atoms with Crippen LogP contribution < -0.4 is 0 Å². The summed E-state index contributed by atoms with van der Waals surface area (Å²) in [5, 5.41) is 9.62. The second-order valence-electron chi connectivity index (χ2n) is 4.22. The Labute approximate surface area is 74.5 Å². The molecule has 2 atom stereocenters. The van der Waals surface area contributed by atoms with Gasteiger partial charge >= 0.3 is 0 Å². The first-order valence-electron chi connectivity index (χ1n) is 5.22. The van der Waals surface area contributed by atoms with E-state index in [0.717, 1.165) is 6.42 Å². The summed E-state index contributed by atoms with van der Waals surface area (Å²) < 4.78 is 0. The van der Waals surface area contributed by atoms with E-state index in [1.807, 2.05) is 0 Å². The third kappa shape index (κ3) is 1.71. The van der Waals surface area contributed by atoms with Gasteiger partial charge in [-0.15, -0.1) is 0 Å². The standard InChI is InChI=1S/C11H18O/c12-11-7-3-6-10(11)8-9-4-1-2-5-9/h4,10-12H,1-3,5-8H2/t10-,11+/m0/s1. The molecule has 0 aliphatic heterocycles. The molecule has 0 aromatic carbocycles. The van der Waals surface area contributed by atoms with Gasteiger partial charge in [0.15, 0.2) is 0 Å². The fourth-order valence-corrected chi connectivity index (χ4v) is 2.51.